The fourth-order valence-corrected chi connectivity index (χ4v) is 2.92. The van der Waals surface area contributed by atoms with Gasteiger partial charge in [-0.1, -0.05) is 54.1 Å². The fourth-order valence-electron chi connectivity index (χ4n) is 2.71. The molecular weight excluding hydrogens is 384 g/mol. The molecule has 0 aliphatic carbocycles. The van der Waals surface area contributed by atoms with Crippen LogP contribution in [0, 0.1) is 18.3 Å². The second-order valence-corrected chi connectivity index (χ2v) is 6.87. The van der Waals surface area contributed by atoms with E-state index < -0.39 is 5.91 Å². The molecule has 0 saturated heterocycles. The van der Waals surface area contributed by atoms with Crippen LogP contribution in [0.25, 0.3) is 6.08 Å². The number of nitriles is 1. The number of carbonyl (C=O) groups excluding carboxylic acids is 1. The van der Waals surface area contributed by atoms with Gasteiger partial charge in [0, 0.05) is 10.7 Å². The Kier molecular flexibility index (Phi) is 6.67. The molecule has 3 aromatic carbocycles. The number of hydrogen-bond donors (Lipinski definition) is 1. The predicted molar refractivity (Wildman–Crippen MR) is 116 cm³/mol. The Morgan fingerprint density at radius 1 is 1.10 bits per heavy atom. The number of para-hydroxylation sites is 1. The Morgan fingerprint density at radius 3 is 2.66 bits per heavy atom. The van der Waals surface area contributed by atoms with Crippen molar-refractivity contribution in [2.24, 2.45) is 0 Å². The number of rotatable bonds is 6. The van der Waals surface area contributed by atoms with E-state index in [2.05, 4.69) is 5.32 Å². The molecule has 0 spiro atoms. The zero-order valence-corrected chi connectivity index (χ0v) is 16.6. The van der Waals surface area contributed by atoms with E-state index in [4.69, 9.17) is 16.3 Å². The molecule has 1 N–H and O–H groups in total. The maximum Gasteiger partial charge on any atom is 0.266 e. The van der Waals surface area contributed by atoms with Gasteiger partial charge in [-0.2, -0.15) is 5.26 Å². The van der Waals surface area contributed by atoms with E-state index in [0.29, 0.717) is 28.6 Å². The summed E-state index contributed by atoms with van der Waals surface area (Å²) in [7, 11) is 0. The molecule has 4 nitrogen and oxygen atoms in total. The molecule has 0 fully saturated rings. The summed E-state index contributed by atoms with van der Waals surface area (Å²) in [6, 6.07) is 24.1. The van der Waals surface area contributed by atoms with Crippen LogP contribution >= 0.6 is 11.6 Å². The van der Waals surface area contributed by atoms with Crippen molar-refractivity contribution in [2.75, 3.05) is 5.32 Å². The molecule has 0 unspecified atom stereocenters. The number of aryl methyl sites for hydroxylation is 1. The van der Waals surface area contributed by atoms with E-state index in [1.54, 1.807) is 18.2 Å². The van der Waals surface area contributed by atoms with Gasteiger partial charge >= 0.3 is 0 Å². The molecule has 3 rings (SSSR count). The molecule has 0 atom stereocenters. The van der Waals surface area contributed by atoms with Crippen molar-refractivity contribution >= 4 is 29.3 Å². The van der Waals surface area contributed by atoms with Crippen LogP contribution < -0.4 is 10.1 Å². The summed E-state index contributed by atoms with van der Waals surface area (Å²) < 4.78 is 5.80. The first-order valence-corrected chi connectivity index (χ1v) is 9.39. The van der Waals surface area contributed by atoms with E-state index in [0.717, 1.165) is 11.1 Å². The van der Waals surface area contributed by atoms with Crippen LogP contribution in [-0.2, 0) is 11.4 Å². The summed E-state index contributed by atoms with van der Waals surface area (Å²) in [5.74, 6) is 0.183. The molecule has 0 aromatic heterocycles. The number of halogens is 1. The first kappa shape index (κ1) is 20.2. The molecular formula is C24H19ClN2O2. The lowest BCUT2D eigenvalue weighted by atomic mass is 10.1. The molecule has 3 aromatic rings. The minimum Gasteiger partial charge on any atom is -0.489 e. The van der Waals surface area contributed by atoms with Crippen LogP contribution in [0.1, 0.15) is 16.7 Å². The minimum atomic E-state index is -0.452. The summed E-state index contributed by atoms with van der Waals surface area (Å²) in [6.07, 6.45) is 1.54. The number of carbonyl (C=O) groups is 1. The maximum atomic E-state index is 12.5. The maximum absolute atomic E-state index is 12.5. The monoisotopic (exact) mass is 402 g/mol. The number of anilines is 1. The molecule has 0 bridgehead atoms. The lowest BCUT2D eigenvalue weighted by Gasteiger charge is -2.08. The summed E-state index contributed by atoms with van der Waals surface area (Å²) in [4.78, 5) is 12.5. The highest BCUT2D eigenvalue weighted by atomic mass is 35.5. The predicted octanol–water partition coefficient (Wildman–Crippen LogP) is 5.77. The number of benzene rings is 3. The Bertz CT molecular complexity index is 1100. The van der Waals surface area contributed by atoms with E-state index in [9.17, 15) is 10.1 Å². The van der Waals surface area contributed by atoms with Gasteiger partial charge in [-0.05, 0) is 60.0 Å². The largest absolute Gasteiger partial charge is 0.489 e. The zero-order chi connectivity index (χ0) is 20.6. The van der Waals surface area contributed by atoms with Crippen molar-refractivity contribution in [3.05, 3.63) is 100 Å². The third-order valence-electron chi connectivity index (χ3n) is 4.22. The van der Waals surface area contributed by atoms with Gasteiger partial charge in [0.1, 0.15) is 24.0 Å². The van der Waals surface area contributed by atoms with Gasteiger partial charge in [0.15, 0.2) is 0 Å². The molecule has 0 heterocycles. The molecule has 0 aliphatic rings. The fraction of sp³-hybridized carbons (Fsp3) is 0.0833. The van der Waals surface area contributed by atoms with Crippen molar-refractivity contribution in [1.82, 2.24) is 0 Å². The molecule has 144 valence electrons. The second kappa shape index (κ2) is 9.59. The van der Waals surface area contributed by atoms with Crippen molar-refractivity contribution in [3.63, 3.8) is 0 Å². The van der Waals surface area contributed by atoms with Crippen LogP contribution in [0.2, 0.25) is 5.02 Å². The molecule has 29 heavy (non-hydrogen) atoms. The second-order valence-electron chi connectivity index (χ2n) is 6.43. The van der Waals surface area contributed by atoms with Gasteiger partial charge in [-0.15, -0.1) is 0 Å². The number of nitrogens with one attached hydrogen (secondary N) is 1. The SMILES string of the molecule is Cc1ccccc1NC(=O)/C(C#N)=C\c1cccc(OCc2cccc(Cl)c2)c1. The van der Waals surface area contributed by atoms with Crippen molar-refractivity contribution in [2.45, 2.75) is 13.5 Å². The molecule has 0 radical (unpaired) electrons. The van der Waals surface area contributed by atoms with Crippen molar-refractivity contribution in [3.8, 4) is 11.8 Å². The Labute approximate surface area is 175 Å². The highest BCUT2D eigenvalue weighted by molar-refractivity contribution is 6.30. The standard InChI is InChI=1S/C24H19ClN2O2/c1-17-6-2-3-11-23(17)27-24(28)20(15-26)12-18-7-5-10-22(14-18)29-16-19-8-4-9-21(25)13-19/h2-14H,16H2,1H3,(H,27,28)/b20-12-. The van der Waals surface area contributed by atoms with Crippen molar-refractivity contribution < 1.29 is 9.53 Å². The first-order valence-electron chi connectivity index (χ1n) is 9.01. The Hall–Kier alpha value is -3.55. The van der Waals surface area contributed by atoms with Crippen LogP contribution in [-0.4, -0.2) is 5.91 Å². The molecule has 1 amide bonds. The Morgan fingerprint density at radius 2 is 1.90 bits per heavy atom. The quantitative estimate of drug-likeness (QED) is 0.420. The van der Waals surface area contributed by atoms with Crippen molar-refractivity contribution in [1.29, 1.82) is 5.26 Å². The highest BCUT2D eigenvalue weighted by Crippen LogP contribution is 2.20. The highest BCUT2D eigenvalue weighted by Gasteiger charge is 2.11. The van der Waals surface area contributed by atoms with Gasteiger partial charge in [0.05, 0.1) is 0 Å². The minimum absolute atomic E-state index is 0.0141. The Balaban J connectivity index is 1.72. The topological polar surface area (TPSA) is 62.1 Å². The molecule has 0 aliphatic heterocycles. The van der Waals surface area contributed by atoms with Gasteiger partial charge in [0.25, 0.3) is 5.91 Å². The lowest BCUT2D eigenvalue weighted by molar-refractivity contribution is -0.112. The third-order valence-corrected chi connectivity index (χ3v) is 4.46. The van der Waals surface area contributed by atoms with Gasteiger partial charge in [-0.25, -0.2) is 0 Å². The molecule has 5 heteroatoms. The average molecular weight is 403 g/mol. The number of hydrogen-bond acceptors (Lipinski definition) is 3. The zero-order valence-electron chi connectivity index (χ0n) is 15.9. The summed E-state index contributed by atoms with van der Waals surface area (Å²) >= 11 is 5.99. The number of nitrogens with zero attached hydrogens (tertiary/aromatic N) is 1. The van der Waals surface area contributed by atoms with Crippen LogP contribution in [0.3, 0.4) is 0 Å². The van der Waals surface area contributed by atoms with Gasteiger partial charge in [0.2, 0.25) is 0 Å². The normalized spacial score (nSPS) is 10.9. The lowest BCUT2D eigenvalue weighted by Crippen LogP contribution is -2.14. The average Bonchev–Trinajstić information content (AvgIpc) is 2.72. The van der Waals surface area contributed by atoms with Gasteiger partial charge < -0.3 is 10.1 Å². The smallest absolute Gasteiger partial charge is 0.266 e. The van der Waals surface area contributed by atoms with Gasteiger partial charge in [-0.3, -0.25) is 4.79 Å². The third kappa shape index (κ3) is 5.71. The van der Waals surface area contributed by atoms with E-state index in [1.165, 1.54) is 0 Å². The van der Waals surface area contributed by atoms with E-state index >= 15 is 0 Å². The van der Waals surface area contributed by atoms with E-state index in [-0.39, 0.29) is 5.57 Å². The summed E-state index contributed by atoms with van der Waals surface area (Å²) in [6.45, 7) is 2.26. The van der Waals surface area contributed by atoms with Crippen LogP contribution in [0.5, 0.6) is 5.75 Å². The number of amides is 1. The molecule has 0 saturated carbocycles. The summed E-state index contributed by atoms with van der Waals surface area (Å²) in [5.41, 5.74) is 3.27. The first-order chi connectivity index (χ1) is 14.0. The van der Waals surface area contributed by atoms with Crippen LogP contribution in [0.4, 0.5) is 5.69 Å². The van der Waals surface area contributed by atoms with Crippen LogP contribution in [0.15, 0.2) is 78.4 Å². The number of ether oxygens (including phenoxy) is 1. The summed E-state index contributed by atoms with van der Waals surface area (Å²) in [5, 5.41) is 12.9. The van der Waals surface area contributed by atoms with E-state index in [1.807, 2.05) is 73.7 Å².